The van der Waals surface area contributed by atoms with Gasteiger partial charge in [0, 0.05) is 5.56 Å². The van der Waals surface area contributed by atoms with Gasteiger partial charge in [0.2, 0.25) is 0 Å². The molecule has 0 N–H and O–H groups in total. The number of hydrogen-bond acceptors (Lipinski definition) is 2. The molecule has 1 aromatic carbocycles. The third kappa shape index (κ3) is 2.87. The molecule has 1 fully saturated rings. The van der Waals surface area contributed by atoms with E-state index in [-0.39, 0.29) is 5.78 Å². The molecule has 1 aliphatic carbocycles. The molecule has 0 heterocycles. The molecule has 18 heavy (non-hydrogen) atoms. The fraction of sp³-hybridized carbons (Fsp3) is 0.500. The molecule has 0 saturated heterocycles. The van der Waals surface area contributed by atoms with Gasteiger partial charge in [-0.15, -0.1) is 0 Å². The van der Waals surface area contributed by atoms with Crippen molar-refractivity contribution in [1.82, 2.24) is 0 Å². The van der Waals surface area contributed by atoms with Crippen molar-refractivity contribution in [3.05, 3.63) is 35.4 Å². The van der Waals surface area contributed by atoms with Gasteiger partial charge >= 0.3 is 0 Å². The van der Waals surface area contributed by atoms with Gasteiger partial charge in [-0.2, -0.15) is 0 Å². The van der Waals surface area contributed by atoms with Gasteiger partial charge in [0.05, 0.1) is 5.92 Å². The van der Waals surface area contributed by atoms with Crippen molar-refractivity contribution in [1.29, 1.82) is 0 Å². The number of carbonyl (C=O) groups excluding carboxylic acids is 2. The number of hydrogen-bond donors (Lipinski definition) is 0. The van der Waals surface area contributed by atoms with Crippen LogP contribution in [-0.2, 0) is 4.79 Å². The minimum atomic E-state index is -0.537. The summed E-state index contributed by atoms with van der Waals surface area (Å²) in [4.78, 5) is 22.4. The highest BCUT2D eigenvalue weighted by molar-refractivity contribution is 6.04. The Balaban J connectivity index is 2.09. The van der Waals surface area contributed by atoms with Gasteiger partial charge in [0.1, 0.15) is 6.29 Å². The number of aldehydes is 1. The molecule has 0 aliphatic heterocycles. The molecule has 2 nitrogen and oxygen atoms in total. The molecule has 1 unspecified atom stereocenters. The van der Waals surface area contributed by atoms with Crippen molar-refractivity contribution in [2.75, 3.05) is 0 Å². The second-order valence-electron chi connectivity index (χ2n) is 5.25. The Kier molecular flexibility index (Phi) is 4.29. The Morgan fingerprint density at radius 3 is 2.33 bits per heavy atom. The average molecular weight is 244 g/mol. The van der Waals surface area contributed by atoms with Crippen LogP contribution >= 0.6 is 0 Å². The first-order valence-corrected chi connectivity index (χ1v) is 6.82. The van der Waals surface area contributed by atoms with Crippen LogP contribution in [0.4, 0.5) is 0 Å². The van der Waals surface area contributed by atoms with Crippen LogP contribution in [0.25, 0.3) is 0 Å². The van der Waals surface area contributed by atoms with E-state index in [9.17, 15) is 9.59 Å². The van der Waals surface area contributed by atoms with Crippen LogP contribution in [0.1, 0.15) is 60.9 Å². The lowest BCUT2D eigenvalue weighted by Crippen LogP contribution is -2.12. The summed E-state index contributed by atoms with van der Waals surface area (Å²) in [6, 6.07) is 7.85. The monoisotopic (exact) mass is 244 g/mol. The summed E-state index contributed by atoms with van der Waals surface area (Å²) in [5, 5.41) is 0. The molecule has 0 bridgehead atoms. The standard InChI is InChI=1S/C16H20O2/c1-12(11-17)16(18)15-9-7-14(8-10-15)13-5-3-2-4-6-13/h7-13H,2-6H2,1H3. The Morgan fingerprint density at radius 1 is 1.17 bits per heavy atom. The fourth-order valence-corrected chi connectivity index (χ4v) is 2.68. The van der Waals surface area contributed by atoms with E-state index in [1.165, 1.54) is 37.7 Å². The summed E-state index contributed by atoms with van der Waals surface area (Å²) in [5.41, 5.74) is 1.99. The lowest BCUT2D eigenvalue weighted by molar-refractivity contribution is -0.109. The van der Waals surface area contributed by atoms with Gasteiger partial charge in [-0.1, -0.05) is 43.5 Å². The van der Waals surface area contributed by atoms with Crippen LogP contribution in [0.3, 0.4) is 0 Å². The van der Waals surface area contributed by atoms with Gasteiger partial charge < -0.3 is 4.79 Å². The maximum Gasteiger partial charge on any atom is 0.172 e. The normalized spacial score (nSPS) is 18.3. The van der Waals surface area contributed by atoms with Crippen LogP contribution in [-0.4, -0.2) is 12.1 Å². The van der Waals surface area contributed by atoms with Crippen molar-refractivity contribution in [3.63, 3.8) is 0 Å². The van der Waals surface area contributed by atoms with E-state index in [0.29, 0.717) is 17.8 Å². The first-order chi connectivity index (χ1) is 8.72. The summed E-state index contributed by atoms with van der Waals surface area (Å²) < 4.78 is 0. The van der Waals surface area contributed by atoms with Crippen LogP contribution in [0.15, 0.2) is 24.3 Å². The molecule has 0 spiro atoms. The molecule has 1 aromatic rings. The van der Waals surface area contributed by atoms with E-state index in [1.54, 1.807) is 6.92 Å². The Bertz CT molecular complexity index is 413. The molecule has 96 valence electrons. The second-order valence-corrected chi connectivity index (χ2v) is 5.25. The van der Waals surface area contributed by atoms with E-state index < -0.39 is 5.92 Å². The van der Waals surface area contributed by atoms with Gasteiger partial charge in [-0.25, -0.2) is 0 Å². The van der Waals surface area contributed by atoms with Crippen molar-refractivity contribution in [2.45, 2.75) is 44.9 Å². The maximum atomic E-state index is 11.8. The quantitative estimate of drug-likeness (QED) is 0.459. The Morgan fingerprint density at radius 2 is 1.78 bits per heavy atom. The van der Waals surface area contributed by atoms with E-state index in [1.807, 2.05) is 12.1 Å². The highest BCUT2D eigenvalue weighted by Crippen LogP contribution is 2.32. The predicted octanol–water partition coefficient (Wildman–Crippen LogP) is 3.75. The van der Waals surface area contributed by atoms with E-state index in [0.717, 1.165) is 0 Å². The largest absolute Gasteiger partial charge is 0.303 e. The van der Waals surface area contributed by atoms with Gasteiger partial charge in [0.15, 0.2) is 5.78 Å². The Labute approximate surface area is 108 Å². The van der Waals surface area contributed by atoms with Crippen LogP contribution in [0.2, 0.25) is 0 Å². The van der Waals surface area contributed by atoms with E-state index >= 15 is 0 Å². The molecular weight excluding hydrogens is 224 g/mol. The van der Waals surface area contributed by atoms with Crippen molar-refractivity contribution < 1.29 is 9.59 Å². The SMILES string of the molecule is CC(C=O)C(=O)c1ccc(C2CCCCC2)cc1. The first-order valence-electron chi connectivity index (χ1n) is 6.82. The third-order valence-corrected chi connectivity index (χ3v) is 3.89. The highest BCUT2D eigenvalue weighted by atomic mass is 16.1. The van der Waals surface area contributed by atoms with Gasteiger partial charge in [-0.3, -0.25) is 4.79 Å². The summed E-state index contributed by atoms with van der Waals surface area (Å²) in [6.45, 7) is 1.64. The predicted molar refractivity (Wildman–Crippen MR) is 71.8 cm³/mol. The highest BCUT2D eigenvalue weighted by Gasteiger charge is 2.17. The minimum Gasteiger partial charge on any atom is -0.303 e. The van der Waals surface area contributed by atoms with Gasteiger partial charge in [0.25, 0.3) is 0 Å². The molecule has 2 rings (SSSR count). The van der Waals surface area contributed by atoms with Gasteiger partial charge in [-0.05, 0) is 31.2 Å². The molecule has 1 atom stereocenters. The zero-order chi connectivity index (χ0) is 13.0. The number of Topliss-reactive ketones (excluding diaryl/α,β-unsaturated/α-hetero) is 1. The summed E-state index contributed by atoms with van der Waals surface area (Å²) in [6.07, 6.45) is 7.21. The van der Waals surface area contributed by atoms with Crippen molar-refractivity contribution >= 4 is 12.1 Å². The van der Waals surface area contributed by atoms with Crippen LogP contribution < -0.4 is 0 Å². The molecule has 0 amide bonds. The smallest absolute Gasteiger partial charge is 0.172 e. The fourth-order valence-electron chi connectivity index (χ4n) is 2.68. The lowest BCUT2D eigenvalue weighted by atomic mass is 9.83. The van der Waals surface area contributed by atoms with Crippen molar-refractivity contribution in [3.8, 4) is 0 Å². The molecule has 1 aliphatic rings. The Hall–Kier alpha value is -1.44. The molecule has 1 saturated carbocycles. The molecule has 0 radical (unpaired) electrons. The summed E-state index contributed by atoms with van der Waals surface area (Å²) in [7, 11) is 0. The number of carbonyl (C=O) groups is 2. The third-order valence-electron chi connectivity index (χ3n) is 3.89. The summed E-state index contributed by atoms with van der Waals surface area (Å²) in [5.74, 6) is 0.0390. The van der Waals surface area contributed by atoms with Crippen LogP contribution in [0, 0.1) is 5.92 Å². The number of rotatable bonds is 4. The number of benzene rings is 1. The second kappa shape index (κ2) is 5.94. The zero-order valence-electron chi connectivity index (χ0n) is 10.9. The molecule has 0 aromatic heterocycles. The van der Waals surface area contributed by atoms with Crippen molar-refractivity contribution in [2.24, 2.45) is 5.92 Å². The maximum absolute atomic E-state index is 11.8. The van der Waals surface area contributed by atoms with E-state index in [2.05, 4.69) is 12.1 Å². The topological polar surface area (TPSA) is 34.1 Å². The lowest BCUT2D eigenvalue weighted by Gasteiger charge is -2.22. The van der Waals surface area contributed by atoms with Crippen LogP contribution in [0.5, 0.6) is 0 Å². The number of ketones is 1. The first kappa shape index (κ1) is 13.0. The van der Waals surface area contributed by atoms with E-state index in [4.69, 9.17) is 0 Å². The zero-order valence-corrected chi connectivity index (χ0v) is 10.9. The summed E-state index contributed by atoms with van der Waals surface area (Å²) >= 11 is 0. The molecule has 2 heteroatoms. The average Bonchev–Trinajstić information content (AvgIpc) is 2.47. The molecular formula is C16H20O2. The minimum absolute atomic E-state index is 0.0832.